The van der Waals surface area contributed by atoms with E-state index < -0.39 is 36.5 Å². The van der Waals surface area contributed by atoms with E-state index >= 15 is 0 Å². The van der Waals surface area contributed by atoms with Gasteiger partial charge in [-0.15, -0.1) is 0 Å². The molecule has 0 saturated carbocycles. The number of phenols is 1. The molecule has 1 aromatic carbocycles. The standard InChI is InChI=1S/C17H24N2O6/c1-17(2,3)8-12(16(24)25)18-15(23)14(19-13(22)9-20)10-4-6-11(21)7-5-10/h4-7,12,14,20-21H,8-9H2,1-3H3,(H,18,23)(H,19,22)(H,24,25)/t12-,14-/m1/s1. The van der Waals surface area contributed by atoms with Crippen LogP contribution in [0.3, 0.4) is 0 Å². The Morgan fingerprint density at radius 2 is 1.64 bits per heavy atom. The van der Waals surface area contributed by atoms with Crippen LogP contribution in [0.15, 0.2) is 24.3 Å². The van der Waals surface area contributed by atoms with Gasteiger partial charge in [-0.25, -0.2) is 4.79 Å². The summed E-state index contributed by atoms with van der Waals surface area (Å²) in [5.41, 5.74) is 0.00984. The molecule has 0 radical (unpaired) electrons. The minimum atomic E-state index is -1.19. The largest absolute Gasteiger partial charge is 0.508 e. The van der Waals surface area contributed by atoms with Crippen LogP contribution in [0.2, 0.25) is 0 Å². The van der Waals surface area contributed by atoms with Crippen molar-refractivity contribution in [3.63, 3.8) is 0 Å². The zero-order chi connectivity index (χ0) is 19.2. The third-order valence-electron chi connectivity index (χ3n) is 3.37. The predicted octanol–water partition coefficient (Wildman–Crippen LogP) is 0.547. The molecule has 1 rings (SSSR count). The average molecular weight is 352 g/mol. The van der Waals surface area contributed by atoms with Crippen LogP contribution in [0.1, 0.15) is 38.8 Å². The van der Waals surface area contributed by atoms with E-state index in [2.05, 4.69) is 10.6 Å². The van der Waals surface area contributed by atoms with Crippen LogP contribution in [0, 0.1) is 5.41 Å². The van der Waals surface area contributed by atoms with E-state index in [0.29, 0.717) is 5.56 Å². The van der Waals surface area contributed by atoms with E-state index in [0.717, 1.165) is 0 Å². The SMILES string of the molecule is CC(C)(C)C[C@@H](NC(=O)[C@H](NC(=O)CO)c1ccc(O)cc1)C(=O)O. The zero-order valence-electron chi connectivity index (χ0n) is 14.4. The predicted molar refractivity (Wildman–Crippen MR) is 89.7 cm³/mol. The number of hydrogen-bond acceptors (Lipinski definition) is 5. The van der Waals surface area contributed by atoms with Crippen LogP contribution in [-0.2, 0) is 14.4 Å². The molecule has 2 atom stereocenters. The molecular formula is C17H24N2O6. The van der Waals surface area contributed by atoms with Crippen molar-refractivity contribution in [2.45, 2.75) is 39.3 Å². The summed E-state index contributed by atoms with van der Waals surface area (Å²) in [5, 5.41) is 32.3. The van der Waals surface area contributed by atoms with E-state index in [4.69, 9.17) is 5.11 Å². The molecular weight excluding hydrogens is 328 g/mol. The Balaban J connectivity index is 3.03. The molecule has 138 valence electrons. The van der Waals surface area contributed by atoms with Crippen LogP contribution in [0.5, 0.6) is 5.75 Å². The third kappa shape index (κ3) is 6.80. The molecule has 0 saturated heterocycles. The van der Waals surface area contributed by atoms with E-state index in [-0.39, 0.29) is 17.6 Å². The van der Waals surface area contributed by atoms with Crippen molar-refractivity contribution in [2.24, 2.45) is 5.41 Å². The number of carbonyl (C=O) groups excluding carboxylic acids is 2. The normalized spacial score (nSPS) is 13.6. The van der Waals surface area contributed by atoms with E-state index in [9.17, 15) is 24.6 Å². The van der Waals surface area contributed by atoms with Gasteiger partial charge in [0.05, 0.1) is 0 Å². The average Bonchev–Trinajstić information content (AvgIpc) is 2.51. The second-order valence-corrected chi connectivity index (χ2v) is 6.91. The molecule has 1 aromatic rings. The molecule has 0 aromatic heterocycles. The van der Waals surface area contributed by atoms with Gasteiger partial charge in [-0.05, 0) is 29.5 Å². The van der Waals surface area contributed by atoms with Crippen molar-refractivity contribution in [3.05, 3.63) is 29.8 Å². The smallest absolute Gasteiger partial charge is 0.326 e. The first-order chi connectivity index (χ1) is 11.5. The molecule has 0 aliphatic carbocycles. The second-order valence-electron chi connectivity index (χ2n) is 6.91. The lowest BCUT2D eigenvalue weighted by molar-refractivity contribution is -0.143. The van der Waals surface area contributed by atoms with Crippen molar-refractivity contribution in [2.75, 3.05) is 6.61 Å². The summed E-state index contributed by atoms with van der Waals surface area (Å²) in [5.74, 6) is -2.70. The first-order valence-electron chi connectivity index (χ1n) is 7.76. The van der Waals surface area contributed by atoms with Crippen LogP contribution < -0.4 is 10.6 Å². The van der Waals surface area contributed by atoms with Gasteiger partial charge >= 0.3 is 5.97 Å². The topological polar surface area (TPSA) is 136 Å². The fourth-order valence-electron chi connectivity index (χ4n) is 2.24. The van der Waals surface area contributed by atoms with Gasteiger partial charge in [0.2, 0.25) is 11.8 Å². The number of carbonyl (C=O) groups is 3. The number of aromatic hydroxyl groups is 1. The quantitative estimate of drug-likeness (QED) is 0.486. The number of rotatable bonds is 7. The van der Waals surface area contributed by atoms with Crippen molar-refractivity contribution < 1.29 is 29.7 Å². The monoisotopic (exact) mass is 352 g/mol. The molecule has 2 amide bonds. The maximum atomic E-state index is 12.5. The van der Waals surface area contributed by atoms with Crippen molar-refractivity contribution in [1.29, 1.82) is 0 Å². The lowest BCUT2D eigenvalue weighted by Crippen LogP contribution is -2.48. The lowest BCUT2D eigenvalue weighted by Gasteiger charge is -2.26. The van der Waals surface area contributed by atoms with Gasteiger partial charge in [0, 0.05) is 0 Å². The fraction of sp³-hybridized carbons (Fsp3) is 0.471. The number of aliphatic hydroxyl groups excluding tert-OH is 1. The molecule has 0 heterocycles. The zero-order valence-corrected chi connectivity index (χ0v) is 14.4. The van der Waals surface area contributed by atoms with Gasteiger partial charge in [0.1, 0.15) is 24.4 Å². The number of carboxylic acids is 1. The van der Waals surface area contributed by atoms with E-state index in [1.54, 1.807) is 0 Å². The number of nitrogens with one attached hydrogen (secondary N) is 2. The Morgan fingerprint density at radius 1 is 1.08 bits per heavy atom. The van der Waals surface area contributed by atoms with Crippen LogP contribution in [0.4, 0.5) is 0 Å². The highest BCUT2D eigenvalue weighted by Crippen LogP contribution is 2.22. The number of hydrogen-bond donors (Lipinski definition) is 5. The molecule has 0 unspecified atom stereocenters. The molecule has 0 bridgehead atoms. The molecule has 5 N–H and O–H groups in total. The van der Waals surface area contributed by atoms with Crippen LogP contribution in [0.25, 0.3) is 0 Å². The highest BCUT2D eigenvalue weighted by molar-refractivity contribution is 5.91. The Labute approximate surface area is 145 Å². The van der Waals surface area contributed by atoms with E-state index in [1.165, 1.54) is 24.3 Å². The molecule has 0 spiro atoms. The molecule has 8 nitrogen and oxygen atoms in total. The Kier molecular flexibility index (Phi) is 6.93. The third-order valence-corrected chi connectivity index (χ3v) is 3.37. The van der Waals surface area contributed by atoms with Gasteiger partial charge in [0.15, 0.2) is 0 Å². The number of benzene rings is 1. The van der Waals surface area contributed by atoms with Gasteiger partial charge in [-0.2, -0.15) is 0 Å². The minimum Gasteiger partial charge on any atom is -0.508 e. The van der Waals surface area contributed by atoms with Crippen LogP contribution in [-0.4, -0.2) is 45.8 Å². The van der Waals surface area contributed by atoms with Crippen LogP contribution >= 0.6 is 0 Å². The minimum absolute atomic E-state index is 0.0208. The highest BCUT2D eigenvalue weighted by atomic mass is 16.4. The summed E-state index contributed by atoms with van der Waals surface area (Å²) in [4.78, 5) is 35.5. The first kappa shape index (κ1) is 20.4. The fourth-order valence-corrected chi connectivity index (χ4v) is 2.24. The number of phenolic OH excluding ortho intramolecular Hbond substituents is 1. The molecule has 0 aliphatic heterocycles. The number of aliphatic hydroxyl groups is 1. The summed E-state index contributed by atoms with van der Waals surface area (Å²) >= 11 is 0. The van der Waals surface area contributed by atoms with Crippen molar-refractivity contribution in [3.8, 4) is 5.75 Å². The van der Waals surface area contributed by atoms with Gasteiger partial charge in [0.25, 0.3) is 0 Å². The molecule has 0 fully saturated rings. The first-order valence-corrected chi connectivity index (χ1v) is 7.76. The van der Waals surface area contributed by atoms with Gasteiger partial charge < -0.3 is 26.0 Å². The Morgan fingerprint density at radius 3 is 2.08 bits per heavy atom. The highest BCUT2D eigenvalue weighted by Gasteiger charge is 2.30. The number of aliphatic carboxylic acids is 1. The number of carboxylic acid groups (broad SMARTS) is 1. The Bertz CT molecular complexity index is 621. The molecule has 25 heavy (non-hydrogen) atoms. The second kappa shape index (κ2) is 8.48. The number of amides is 2. The van der Waals surface area contributed by atoms with Crippen molar-refractivity contribution in [1.82, 2.24) is 10.6 Å². The van der Waals surface area contributed by atoms with Gasteiger partial charge in [-0.1, -0.05) is 32.9 Å². The molecule has 8 heteroatoms. The summed E-state index contributed by atoms with van der Waals surface area (Å²) in [7, 11) is 0. The summed E-state index contributed by atoms with van der Waals surface area (Å²) in [6.45, 7) is 4.73. The Hall–Kier alpha value is -2.61. The van der Waals surface area contributed by atoms with E-state index in [1.807, 2.05) is 20.8 Å². The maximum absolute atomic E-state index is 12.5. The van der Waals surface area contributed by atoms with Crippen molar-refractivity contribution >= 4 is 17.8 Å². The summed E-state index contributed by atoms with van der Waals surface area (Å²) in [6.07, 6.45) is 0.199. The summed E-state index contributed by atoms with van der Waals surface area (Å²) < 4.78 is 0. The van der Waals surface area contributed by atoms with Gasteiger partial charge in [-0.3, -0.25) is 9.59 Å². The lowest BCUT2D eigenvalue weighted by atomic mass is 9.88. The molecule has 0 aliphatic rings. The summed E-state index contributed by atoms with van der Waals surface area (Å²) in [6, 6.07) is 3.21. The maximum Gasteiger partial charge on any atom is 0.326 e.